The molecule has 0 heterocycles. The van der Waals surface area contributed by atoms with Gasteiger partial charge in [-0.1, -0.05) is 37.9 Å². The fourth-order valence-electron chi connectivity index (χ4n) is 1.99. The highest BCUT2D eigenvalue weighted by atomic mass is 28.3. The fourth-order valence-corrected chi connectivity index (χ4v) is 3.72. The summed E-state index contributed by atoms with van der Waals surface area (Å²) in [5, 5.41) is 4.03. The van der Waals surface area contributed by atoms with Gasteiger partial charge in [0.05, 0.1) is 6.61 Å². The molecule has 1 unspecified atom stereocenters. The van der Waals surface area contributed by atoms with E-state index in [-0.39, 0.29) is 6.61 Å². The number of nitrogens with one attached hydrogen (secondary N) is 1. The van der Waals surface area contributed by atoms with Crippen LogP contribution in [0.3, 0.4) is 0 Å². The lowest BCUT2D eigenvalue weighted by atomic mass is 10.1. The number of nitrogens with zero attached hydrogens (tertiary/aromatic N) is 1. The van der Waals surface area contributed by atoms with E-state index in [0.29, 0.717) is 32.0 Å². The number of hydrogen-bond acceptors (Lipinski definition) is 4. The number of alkyl carbamates (subject to hydrolysis) is 1. The quantitative estimate of drug-likeness (QED) is 0.243. The average molecular weight is 328 g/mol. The summed E-state index contributed by atoms with van der Waals surface area (Å²) in [7, 11) is -0.780. The molecule has 0 saturated heterocycles. The highest BCUT2D eigenvalue weighted by Crippen LogP contribution is 2.12. The Morgan fingerprint density at radius 1 is 1.32 bits per heavy atom. The molecule has 6 nitrogen and oxygen atoms in total. The van der Waals surface area contributed by atoms with Gasteiger partial charge in [0.2, 0.25) is 6.41 Å². The van der Waals surface area contributed by atoms with Crippen LogP contribution in [0.25, 0.3) is 0 Å². The molecule has 22 heavy (non-hydrogen) atoms. The van der Waals surface area contributed by atoms with Crippen LogP contribution in [-0.4, -0.2) is 52.7 Å². The zero-order valence-electron chi connectivity index (χ0n) is 13.6. The van der Waals surface area contributed by atoms with Crippen LogP contribution in [0, 0.1) is 5.92 Å². The third kappa shape index (κ3) is 11.1. The fraction of sp³-hybridized carbons (Fsp3) is 0.600. The van der Waals surface area contributed by atoms with E-state index in [1.807, 2.05) is 0 Å². The molecule has 0 aromatic heterocycles. The van der Waals surface area contributed by atoms with Crippen molar-refractivity contribution in [3.05, 3.63) is 25.3 Å². The Labute approximate surface area is 134 Å². The van der Waals surface area contributed by atoms with Gasteiger partial charge in [0.1, 0.15) is 6.61 Å². The Balaban J connectivity index is 4.25. The molecule has 0 spiro atoms. The van der Waals surface area contributed by atoms with E-state index in [0.717, 1.165) is 12.5 Å². The van der Waals surface area contributed by atoms with Crippen molar-refractivity contribution in [1.82, 2.24) is 10.4 Å². The van der Waals surface area contributed by atoms with Gasteiger partial charge >= 0.3 is 6.09 Å². The summed E-state index contributed by atoms with van der Waals surface area (Å²) >= 11 is 0. The number of hydrogen-bond donors (Lipinski definition) is 1. The maximum absolute atomic E-state index is 11.5. The van der Waals surface area contributed by atoms with E-state index in [4.69, 9.17) is 9.57 Å². The van der Waals surface area contributed by atoms with Crippen molar-refractivity contribution >= 4 is 21.3 Å². The highest BCUT2D eigenvalue weighted by molar-refractivity contribution is 6.55. The largest absolute Gasteiger partial charge is 0.445 e. The number of carbonyl (C=O) groups is 2. The van der Waals surface area contributed by atoms with Gasteiger partial charge in [-0.25, -0.2) is 9.86 Å². The van der Waals surface area contributed by atoms with Crippen LogP contribution < -0.4 is 5.32 Å². The number of amides is 2. The van der Waals surface area contributed by atoms with E-state index >= 15 is 0 Å². The molecular formula is C15H28N2O4Si. The Bertz CT molecular complexity index is 350. The first kappa shape index (κ1) is 20.4. The second-order valence-electron chi connectivity index (χ2n) is 5.38. The Hall–Kier alpha value is -1.60. The van der Waals surface area contributed by atoms with E-state index in [1.54, 1.807) is 6.08 Å². The Morgan fingerprint density at radius 2 is 2.00 bits per heavy atom. The van der Waals surface area contributed by atoms with Gasteiger partial charge in [-0.05, 0) is 12.3 Å². The molecule has 0 radical (unpaired) electrons. The molecule has 0 rings (SSSR count). The monoisotopic (exact) mass is 328 g/mol. The summed E-state index contributed by atoms with van der Waals surface area (Å²) in [6.45, 7) is 13.1. The summed E-state index contributed by atoms with van der Waals surface area (Å²) in [6.07, 6.45) is 4.11. The molecule has 0 fully saturated rings. The van der Waals surface area contributed by atoms with Gasteiger partial charge in [0.25, 0.3) is 0 Å². The van der Waals surface area contributed by atoms with Gasteiger partial charge in [0.15, 0.2) is 0 Å². The van der Waals surface area contributed by atoms with Crippen LogP contribution in [0.5, 0.6) is 0 Å². The molecule has 0 aliphatic carbocycles. The van der Waals surface area contributed by atoms with Gasteiger partial charge in [-0.15, -0.1) is 6.58 Å². The molecule has 2 amide bonds. The van der Waals surface area contributed by atoms with Gasteiger partial charge in [0, 0.05) is 21.9 Å². The van der Waals surface area contributed by atoms with Crippen LogP contribution in [-0.2, 0) is 14.4 Å². The molecule has 1 N–H and O–H groups in total. The lowest BCUT2D eigenvalue weighted by molar-refractivity contribution is -0.168. The van der Waals surface area contributed by atoms with E-state index in [2.05, 4.69) is 31.6 Å². The van der Waals surface area contributed by atoms with Crippen molar-refractivity contribution in [3.63, 3.8) is 0 Å². The van der Waals surface area contributed by atoms with Crippen molar-refractivity contribution in [2.24, 2.45) is 5.92 Å². The Kier molecular flexibility index (Phi) is 12.1. The lowest BCUT2D eigenvalue weighted by Gasteiger charge is -2.22. The normalized spacial score (nSPS) is 11.6. The predicted molar refractivity (Wildman–Crippen MR) is 90.3 cm³/mol. The molecule has 0 bridgehead atoms. The van der Waals surface area contributed by atoms with E-state index < -0.39 is 14.9 Å². The third-order valence-corrected chi connectivity index (χ3v) is 4.52. The topological polar surface area (TPSA) is 67.9 Å². The summed E-state index contributed by atoms with van der Waals surface area (Å²) in [6, 6.07) is 1.08. The second kappa shape index (κ2) is 13.1. The average Bonchev–Trinajstić information content (AvgIpc) is 2.49. The molecule has 0 aliphatic rings. The van der Waals surface area contributed by atoms with Crippen LogP contribution in [0.4, 0.5) is 4.79 Å². The maximum Gasteiger partial charge on any atom is 0.407 e. The minimum absolute atomic E-state index is 0.198. The molecule has 0 aromatic rings. The first-order valence-corrected chi connectivity index (χ1v) is 10.6. The van der Waals surface area contributed by atoms with Crippen LogP contribution >= 0.6 is 0 Å². The molecule has 0 aromatic carbocycles. The van der Waals surface area contributed by atoms with Gasteiger partial charge < -0.3 is 10.1 Å². The number of rotatable bonds is 13. The zero-order chi connectivity index (χ0) is 16.8. The minimum atomic E-state index is -0.780. The Morgan fingerprint density at radius 3 is 2.55 bits per heavy atom. The smallest absolute Gasteiger partial charge is 0.407 e. The van der Waals surface area contributed by atoms with Crippen molar-refractivity contribution in [2.75, 3.05) is 26.3 Å². The minimum Gasteiger partial charge on any atom is -0.445 e. The van der Waals surface area contributed by atoms with E-state index in [1.165, 1.54) is 11.1 Å². The van der Waals surface area contributed by atoms with Crippen LogP contribution in [0.2, 0.25) is 19.1 Å². The highest BCUT2D eigenvalue weighted by Gasteiger charge is 2.15. The molecule has 7 heteroatoms. The molecule has 126 valence electrons. The first-order valence-electron chi connectivity index (χ1n) is 7.50. The van der Waals surface area contributed by atoms with Crippen molar-refractivity contribution in [1.29, 1.82) is 0 Å². The standard InChI is InChI=1S/C15H28N2O4Si/c1-5-9-20-15(19)16-11-14(12-22(3)4)7-8-17(13-18)21-10-6-2/h5-6,13-14,22H,1-2,7-12H2,3-4H3,(H,16,19). The number of hydroxylamine groups is 2. The predicted octanol–water partition coefficient (Wildman–Crippen LogP) is 1.97. The van der Waals surface area contributed by atoms with Crippen LogP contribution in [0.15, 0.2) is 25.3 Å². The van der Waals surface area contributed by atoms with Crippen molar-refractivity contribution < 1.29 is 19.2 Å². The number of carbonyl (C=O) groups excluding carboxylic acids is 2. The number of ether oxygens (including phenoxy) is 1. The second-order valence-corrected chi connectivity index (χ2v) is 8.64. The SMILES string of the molecule is C=CCOC(=O)NCC(CCN(C=O)OCC=C)C[SiH](C)C. The maximum atomic E-state index is 11.5. The summed E-state index contributed by atoms with van der Waals surface area (Å²) < 4.78 is 4.89. The summed E-state index contributed by atoms with van der Waals surface area (Å²) in [5.74, 6) is 0.303. The van der Waals surface area contributed by atoms with Crippen LogP contribution in [0.1, 0.15) is 6.42 Å². The van der Waals surface area contributed by atoms with E-state index in [9.17, 15) is 9.59 Å². The van der Waals surface area contributed by atoms with Gasteiger partial charge in [-0.2, -0.15) is 0 Å². The summed E-state index contributed by atoms with van der Waals surface area (Å²) in [5.41, 5.74) is 0. The third-order valence-electron chi connectivity index (χ3n) is 2.91. The summed E-state index contributed by atoms with van der Waals surface area (Å²) in [4.78, 5) is 27.6. The molecule has 1 atom stereocenters. The van der Waals surface area contributed by atoms with Gasteiger partial charge in [-0.3, -0.25) is 9.63 Å². The molecule has 0 saturated carbocycles. The lowest BCUT2D eigenvalue weighted by Crippen LogP contribution is -2.33. The first-order chi connectivity index (χ1) is 10.5. The molecular weight excluding hydrogens is 300 g/mol. The zero-order valence-corrected chi connectivity index (χ0v) is 14.8. The van der Waals surface area contributed by atoms with Crippen molar-refractivity contribution in [3.8, 4) is 0 Å². The molecule has 0 aliphatic heterocycles. The van der Waals surface area contributed by atoms with Crippen molar-refractivity contribution in [2.45, 2.75) is 25.6 Å².